The van der Waals surface area contributed by atoms with Gasteiger partial charge in [-0.05, 0) is 31.9 Å². The molecule has 98 valence electrons. The summed E-state index contributed by atoms with van der Waals surface area (Å²) in [5, 5.41) is 1.03. The van der Waals surface area contributed by atoms with Gasteiger partial charge in [0, 0.05) is 9.77 Å². The van der Waals surface area contributed by atoms with Crippen LogP contribution < -0.4 is 0 Å². The summed E-state index contributed by atoms with van der Waals surface area (Å²) in [4.78, 5) is 19.3. The summed E-state index contributed by atoms with van der Waals surface area (Å²) in [6, 6.07) is 8.30. The van der Waals surface area contributed by atoms with Crippen LogP contribution in [-0.2, 0) is 17.6 Å². The summed E-state index contributed by atoms with van der Waals surface area (Å²) in [6.07, 6.45) is 1.34. The van der Waals surface area contributed by atoms with E-state index in [2.05, 4.69) is 24.0 Å². The molecule has 1 aromatic heterocycles. The third kappa shape index (κ3) is 2.60. The average molecular weight is 289 g/mol. The Balaban J connectivity index is 1.70. The lowest BCUT2D eigenvalue weighted by Crippen LogP contribution is -2.18. The molecule has 2 aromatic rings. The molecule has 0 bridgehead atoms. The van der Waals surface area contributed by atoms with Gasteiger partial charge in [-0.15, -0.1) is 23.1 Å². The Bertz CT molecular complexity index is 588. The van der Waals surface area contributed by atoms with E-state index in [0.717, 1.165) is 17.1 Å². The van der Waals surface area contributed by atoms with Crippen LogP contribution in [0.15, 0.2) is 29.2 Å². The van der Waals surface area contributed by atoms with E-state index >= 15 is 0 Å². The van der Waals surface area contributed by atoms with Gasteiger partial charge in [-0.25, -0.2) is 4.98 Å². The predicted octanol–water partition coefficient (Wildman–Crippen LogP) is 3.59. The molecular weight excluding hydrogens is 274 g/mol. The zero-order valence-electron chi connectivity index (χ0n) is 11.0. The fourth-order valence-corrected chi connectivity index (χ4v) is 4.43. The van der Waals surface area contributed by atoms with Crippen molar-refractivity contribution in [3.63, 3.8) is 0 Å². The van der Waals surface area contributed by atoms with E-state index in [9.17, 15) is 4.79 Å². The number of aromatic nitrogens is 1. The van der Waals surface area contributed by atoms with Crippen LogP contribution in [0, 0.1) is 13.8 Å². The molecule has 1 aliphatic rings. The summed E-state index contributed by atoms with van der Waals surface area (Å²) >= 11 is 3.35. The fourth-order valence-electron chi connectivity index (χ4n) is 2.24. The first-order valence-electron chi connectivity index (χ1n) is 6.33. The van der Waals surface area contributed by atoms with Crippen molar-refractivity contribution in [1.82, 2.24) is 4.98 Å². The maximum Gasteiger partial charge on any atom is 0.153 e. The number of thiazole rings is 1. The summed E-state index contributed by atoms with van der Waals surface area (Å²) in [6.45, 7) is 4.06. The number of carbonyl (C=O) groups is 1. The molecule has 1 aromatic carbocycles. The number of benzene rings is 1. The number of hydrogen-bond donors (Lipinski definition) is 0. The van der Waals surface area contributed by atoms with Crippen molar-refractivity contribution < 1.29 is 4.79 Å². The van der Waals surface area contributed by atoms with E-state index in [1.807, 2.05) is 19.1 Å². The maximum atomic E-state index is 12.3. The summed E-state index contributed by atoms with van der Waals surface area (Å²) in [5.41, 5.74) is 2.35. The normalized spacial score (nSPS) is 17.5. The van der Waals surface area contributed by atoms with Gasteiger partial charge in [0.15, 0.2) is 5.78 Å². The molecule has 0 fully saturated rings. The molecule has 0 amide bonds. The van der Waals surface area contributed by atoms with E-state index in [0.29, 0.717) is 12.2 Å². The minimum absolute atomic E-state index is 0.0712. The van der Waals surface area contributed by atoms with Crippen molar-refractivity contribution in [3.05, 3.63) is 45.4 Å². The third-order valence-electron chi connectivity index (χ3n) is 3.40. The molecular formula is C15H15NOS2. The molecule has 0 radical (unpaired) electrons. The van der Waals surface area contributed by atoms with Crippen LogP contribution in [0.3, 0.4) is 0 Å². The van der Waals surface area contributed by atoms with Crippen molar-refractivity contribution in [3.8, 4) is 0 Å². The third-order valence-corrected chi connectivity index (χ3v) is 5.84. The molecule has 0 aliphatic carbocycles. The molecule has 0 saturated heterocycles. The molecule has 1 atom stereocenters. The van der Waals surface area contributed by atoms with Crippen LogP contribution in [0.25, 0.3) is 0 Å². The van der Waals surface area contributed by atoms with Gasteiger partial charge in [0.1, 0.15) is 5.01 Å². The monoisotopic (exact) mass is 289 g/mol. The van der Waals surface area contributed by atoms with Gasteiger partial charge in [0.05, 0.1) is 17.4 Å². The van der Waals surface area contributed by atoms with Crippen LogP contribution >= 0.6 is 23.1 Å². The highest BCUT2D eigenvalue weighted by Gasteiger charge is 2.28. The minimum Gasteiger partial charge on any atom is -0.298 e. The number of hydrogen-bond acceptors (Lipinski definition) is 4. The number of Topliss-reactive ketones (excluding diaryl/α,β-unsaturated/α-hetero) is 1. The van der Waals surface area contributed by atoms with E-state index in [1.54, 1.807) is 23.1 Å². The van der Waals surface area contributed by atoms with Gasteiger partial charge in [0.2, 0.25) is 0 Å². The maximum absolute atomic E-state index is 12.3. The van der Waals surface area contributed by atoms with Crippen molar-refractivity contribution in [2.75, 3.05) is 0 Å². The zero-order chi connectivity index (χ0) is 13.4. The van der Waals surface area contributed by atoms with E-state index in [4.69, 9.17) is 0 Å². The Hall–Kier alpha value is -1.13. The molecule has 2 heterocycles. The summed E-state index contributed by atoms with van der Waals surface area (Å²) < 4.78 is 0. The zero-order valence-corrected chi connectivity index (χ0v) is 12.6. The van der Waals surface area contributed by atoms with Crippen molar-refractivity contribution in [2.24, 2.45) is 0 Å². The van der Waals surface area contributed by atoms with Gasteiger partial charge in [-0.3, -0.25) is 4.79 Å². The molecule has 4 heteroatoms. The molecule has 2 nitrogen and oxygen atoms in total. The highest BCUT2D eigenvalue weighted by atomic mass is 32.2. The lowest BCUT2D eigenvalue weighted by molar-refractivity contribution is -0.117. The quantitative estimate of drug-likeness (QED) is 0.865. The van der Waals surface area contributed by atoms with Gasteiger partial charge in [-0.1, -0.05) is 18.2 Å². The SMILES string of the molecule is Cc1nc(CC(=O)C2Cc3ccccc3S2)sc1C. The Labute approximate surface area is 121 Å². The van der Waals surface area contributed by atoms with Crippen LogP contribution in [0.2, 0.25) is 0 Å². The number of aryl methyl sites for hydroxylation is 2. The van der Waals surface area contributed by atoms with Crippen LogP contribution in [0.1, 0.15) is 21.1 Å². The van der Waals surface area contributed by atoms with Crippen LogP contribution in [0.4, 0.5) is 0 Å². The number of nitrogens with zero attached hydrogens (tertiary/aromatic N) is 1. The largest absolute Gasteiger partial charge is 0.298 e. The lowest BCUT2D eigenvalue weighted by atomic mass is 10.1. The van der Waals surface area contributed by atoms with Gasteiger partial charge < -0.3 is 0 Å². The average Bonchev–Trinajstić information content (AvgIpc) is 2.93. The molecule has 1 unspecified atom stereocenters. The smallest absolute Gasteiger partial charge is 0.153 e. The number of thioether (sulfide) groups is 1. The first-order chi connectivity index (χ1) is 9.13. The molecule has 0 spiro atoms. The summed E-state index contributed by atoms with van der Waals surface area (Å²) in [7, 11) is 0. The Kier molecular flexibility index (Phi) is 3.46. The van der Waals surface area contributed by atoms with E-state index in [-0.39, 0.29) is 5.25 Å². The first-order valence-corrected chi connectivity index (χ1v) is 8.03. The predicted molar refractivity (Wildman–Crippen MR) is 80.1 cm³/mol. The Morgan fingerprint density at radius 2 is 2.16 bits per heavy atom. The second-order valence-electron chi connectivity index (χ2n) is 4.81. The lowest BCUT2D eigenvalue weighted by Gasteiger charge is -2.05. The first kappa shape index (κ1) is 12.9. The van der Waals surface area contributed by atoms with Gasteiger partial charge in [-0.2, -0.15) is 0 Å². The fraction of sp³-hybridized carbons (Fsp3) is 0.333. The van der Waals surface area contributed by atoms with E-state index in [1.165, 1.54) is 15.3 Å². The topological polar surface area (TPSA) is 30.0 Å². The van der Waals surface area contributed by atoms with Gasteiger partial charge >= 0.3 is 0 Å². The summed E-state index contributed by atoms with van der Waals surface area (Å²) in [5.74, 6) is 0.301. The minimum atomic E-state index is 0.0712. The molecule has 0 N–H and O–H groups in total. The van der Waals surface area contributed by atoms with Crippen molar-refractivity contribution in [1.29, 1.82) is 0 Å². The highest BCUT2D eigenvalue weighted by molar-refractivity contribution is 8.01. The molecule has 19 heavy (non-hydrogen) atoms. The number of carbonyl (C=O) groups excluding carboxylic acids is 1. The number of fused-ring (bicyclic) bond motifs is 1. The van der Waals surface area contributed by atoms with Crippen molar-refractivity contribution >= 4 is 28.9 Å². The second kappa shape index (κ2) is 5.10. The molecule has 3 rings (SSSR count). The number of ketones is 1. The van der Waals surface area contributed by atoms with Crippen LogP contribution in [0.5, 0.6) is 0 Å². The van der Waals surface area contributed by atoms with Crippen LogP contribution in [-0.4, -0.2) is 16.0 Å². The Morgan fingerprint density at radius 1 is 1.37 bits per heavy atom. The van der Waals surface area contributed by atoms with Crippen molar-refractivity contribution in [2.45, 2.75) is 36.8 Å². The van der Waals surface area contributed by atoms with E-state index < -0.39 is 0 Å². The number of rotatable bonds is 3. The molecule has 0 saturated carbocycles. The standard InChI is InChI=1S/C15H15NOS2/c1-9-10(2)18-15(16-9)8-12(17)14-7-11-5-3-4-6-13(11)19-14/h3-6,14H,7-8H2,1-2H3. The Morgan fingerprint density at radius 3 is 2.84 bits per heavy atom. The molecule has 1 aliphatic heterocycles. The van der Waals surface area contributed by atoms with Gasteiger partial charge in [0.25, 0.3) is 0 Å². The second-order valence-corrected chi connectivity index (χ2v) is 7.34. The highest BCUT2D eigenvalue weighted by Crippen LogP contribution is 2.37.